The number of benzene rings is 1. The Morgan fingerprint density at radius 2 is 2.00 bits per heavy atom. The molecule has 1 aromatic carbocycles. The highest BCUT2D eigenvalue weighted by Gasteiger charge is 2.27. The molecule has 1 aromatic rings. The van der Waals surface area contributed by atoms with Crippen molar-refractivity contribution in [3.63, 3.8) is 0 Å². The summed E-state index contributed by atoms with van der Waals surface area (Å²) in [6.07, 6.45) is 5.65. The van der Waals surface area contributed by atoms with Crippen LogP contribution < -0.4 is 0 Å². The molecule has 1 aliphatic carbocycles. The molecule has 2 heteroatoms. The lowest BCUT2D eigenvalue weighted by atomic mass is 9.74. The first-order chi connectivity index (χ1) is 8.13. The van der Waals surface area contributed by atoms with Gasteiger partial charge in [0.05, 0.1) is 0 Å². The standard InChI is InChI=1S/C15H22O2/c1-3-4-5-11-9-13-12(8-10(11)2)6-7-14(16)15(13)17/h6-7,10-11,16-17H,3-5,8-9H2,1-2H3. The number of hydrogen-bond donors (Lipinski definition) is 2. The number of rotatable bonds is 3. The predicted molar refractivity (Wildman–Crippen MR) is 69.4 cm³/mol. The Morgan fingerprint density at radius 1 is 1.24 bits per heavy atom. The molecule has 2 atom stereocenters. The Kier molecular flexibility index (Phi) is 3.60. The Bertz CT molecular complexity index is 398. The summed E-state index contributed by atoms with van der Waals surface area (Å²) in [5.74, 6) is 1.46. The first-order valence-electron chi connectivity index (χ1n) is 6.66. The van der Waals surface area contributed by atoms with Crippen LogP contribution in [-0.2, 0) is 12.8 Å². The minimum atomic E-state index is 0.0209. The van der Waals surface area contributed by atoms with Crippen molar-refractivity contribution in [2.45, 2.75) is 46.0 Å². The molecule has 0 radical (unpaired) electrons. The molecule has 1 aliphatic rings. The SMILES string of the molecule is CCCCC1Cc2c(ccc(O)c2O)CC1C. The first kappa shape index (κ1) is 12.3. The van der Waals surface area contributed by atoms with E-state index in [2.05, 4.69) is 13.8 Å². The zero-order chi connectivity index (χ0) is 12.4. The van der Waals surface area contributed by atoms with Gasteiger partial charge in [-0.05, 0) is 42.7 Å². The molecule has 2 nitrogen and oxygen atoms in total. The highest BCUT2D eigenvalue weighted by Crippen LogP contribution is 2.40. The number of aromatic hydroxyl groups is 2. The van der Waals surface area contributed by atoms with Crippen molar-refractivity contribution in [2.75, 3.05) is 0 Å². The average Bonchev–Trinajstić information content (AvgIpc) is 2.32. The largest absolute Gasteiger partial charge is 0.504 e. The lowest BCUT2D eigenvalue weighted by Crippen LogP contribution is -2.23. The monoisotopic (exact) mass is 234 g/mol. The van der Waals surface area contributed by atoms with Crippen LogP contribution in [-0.4, -0.2) is 10.2 Å². The van der Waals surface area contributed by atoms with Crippen LogP contribution in [0, 0.1) is 11.8 Å². The fourth-order valence-electron chi connectivity index (χ4n) is 2.91. The molecule has 0 heterocycles. The molecule has 0 fully saturated rings. The van der Waals surface area contributed by atoms with E-state index >= 15 is 0 Å². The summed E-state index contributed by atoms with van der Waals surface area (Å²) >= 11 is 0. The molecule has 0 aromatic heterocycles. The van der Waals surface area contributed by atoms with Crippen molar-refractivity contribution in [1.82, 2.24) is 0 Å². The molecule has 0 amide bonds. The number of unbranched alkanes of at least 4 members (excludes halogenated alkanes) is 1. The van der Waals surface area contributed by atoms with Crippen LogP contribution in [0.5, 0.6) is 11.5 Å². The molecule has 0 bridgehead atoms. The van der Waals surface area contributed by atoms with E-state index in [4.69, 9.17) is 0 Å². The van der Waals surface area contributed by atoms with E-state index in [0.717, 1.165) is 18.4 Å². The maximum absolute atomic E-state index is 9.92. The third-order valence-corrected chi connectivity index (χ3v) is 4.10. The smallest absolute Gasteiger partial charge is 0.160 e. The van der Waals surface area contributed by atoms with Crippen molar-refractivity contribution >= 4 is 0 Å². The Morgan fingerprint density at radius 3 is 2.71 bits per heavy atom. The molecule has 0 spiro atoms. The van der Waals surface area contributed by atoms with E-state index in [0.29, 0.717) is 11.8 Å². The summed E-state index contributed by atoms with van der Waals surface area (Å²) in [5, 5.41) is 19.5. The maximum Gasteiger partial charge on any atom is 0.160 e. The van der Waals surface area contributed by atoms with Gasteiger partial charge in [0.1, 0.15) is 0 Å². The van der Waals surface area contributed by atoms with Crippen molar-refractivity contribution in [1.29, 1.82) is 0 Å². The van der Waals surface area contributed by atoms with E-state index in [1.807, 2.05) is 6.07 Å². The van der Waals surface area contributed by atoms with Crippen LogP contribution in [0.2, 0.25) is 0 Å². The minimum absolute atomic E-state index is 0.0209. The lowest BCUT2D eigenvalue weighted by Gasteiger charge is -2.31. The summed E-state index contributed by atoms with van der Waals surface area (Å²) in [6, 6.07) is 3.56. The van der Waals surface area contributed by atoms with Gasteiger partial charge in [0.25, 0.3) is 0 Å². The van der Waals surface area contributed by atoms with Gasteiger partial charge in [-0.15, -0.1) is 0 Å². The van der Waals surface area contributed by atoms with Gasteiger partial charge in [0, 0.05) is 5.56 Å². The number of fused-ring (bicyclic) bond motifs is 1. The minimum Gasteiger partial charge on any atom is -0.504 e. The van der Waals surface area contributed by atoms with Crippen LogP contribution in [0.1, 0.15) is 44.2 Å². The van der Waals surface area contributed by atoms with E-state index in [1.165, 1.54) is 24.8 Å². The molecule has 2 unspecified atom stereocenters. The summed E-state index contributed by atoms with van der Waals surface area (Å²) in [4.78, 5) is 0. The summed E-state index contributed by atoms with van der Waals surface area (Å²) < 4.78 is 0. The zero-order valence-corrected chi connectivity index (χ0v) is 10.7. The summed E-state index contributed by atoms with van der Waals surface area (Å²) in [6.45, 7) is 4.51. The average molecular weight is 234 g/mol. The summed E-state index contributed by atoms with van der Waals surface area (Å²) in [5.41, 5.74) is 2.18. The normalized spacial score (nSPS) is 23.4. The number of phenols is 2. The van der Waals surface area contributed by atoms with Gasteiger partial charge in [-0.2, -0.15) is 0 Å². The molecule has 2 rings (SSSR count). The van der Waals surface area contributed by atoms with Crippen LogP contribution in [0.25, 0.3) is 0 Å². The van der Waals surface area contributed by atoms with Gasteiger partial charge in [-0.25, -0.2) is 0 Å². The third kappa shape index (κ3) is 2.41. The van der Waals surface area contributed by atoms with Gasteiger partial charge in [0.2, 0.25) is 0 Å². The molecule has 2 N–H and O–H groups in total. The Hall–Kier alpha value is -1.18. The fourth-order valence-corrected chi connectivity index (χ4v) is 2.91. The highest BCUT2D eigenvalue weighted by atomic mass is 16.3. The van der Waals surface area contributed by atoms with E-state index < -0.39 is 0 Å². The second-order valence-corrected chi connectivity index (χ2v) is 5.36. The van der Waals surface area contributed by atoms with Gasteiger partial charge in [-0.1, -0.05) is 32.8 Å². The molecule has 0 saturated carbocycles. The molecule has 0 saturated heterocycles. The van der Waals surface area contributed by atoms with Crippen LogP contribution in [0.15, 0.2) is 12.1 Å². The quantitative estimate of drug-likeness (QED) is 0.784. The van der Waals surface area contributed by atoms with Gasteiger partial charge in [-0.3, -0.25) is 0 Å². The molecular weight excluding hydrogens is 212 g/mol. The van der Waals surface area contributed by atoms with Crippen molar-refractivity contribution in [2.24, 2.45) is 11.8 Å². The topological polar surface area (TPSA) is 40.5 Å². The zero-order valence-electron chi connectivity index (χ0n) is 10.7. The van der Waals surface area contributed by atoms with Crippen molar-refractivity contribution in [3.8, 4) is 11.5 Å². The van der Waals surface area contributed by atoms with E-state index in [-0.39, 0.29) is 11.5 Å². The molecular formula is C15H22O2. The van der Waals surface area contributed by atoms with Gasteiger partial charge >= 0.3 is 0 Å². The Balaban J connectivity index is 2.23. The van der Waals surface area contributed by atoms with Gasteiger partial charge < -0.3 is 10.2 Å². The second kappa shape index (κ2) is 4.99. The number of hydrogen-bond acceptors (Lipinski definition) is 2. The third-order valence-electron chi connectivity index (χ3n) is 4.10. The Labute approximate surface area is 103 Å². The van der Waals surface area contributed by atoms with Gasteiger partial charge in [0.15, 0.2) is 11.5 Å². The predicted octanol–water partition coefficient (Wildman–Crippen LogP) is 3.64. The fraction of sp³-hybridized carbons (Fsp3) is 0.600. The first-order valence-corrected chi connectivity index (χ1v) is 6.66. The number of phenolic OH excluding ortho intramolecular Hbond substituents is 2. The van der Waals surface area contributed by atoms with Crippen LogP contribution >= 0.6 is 0 Å². The van der Waals surface area contributed by atoms with E-state index in [9.17, 15) is 10.2 Å². The van der Waals surface area contributed by atoms with Crippen LogP contribution in [0.4, 0.5) is 0 Å². The van der Waals surface area contributed by atoms with E-state index in [1.54, 1.807) is 6.07 Å². The molecule has 17 heavy (non-hydrogen) atoms. The van der Waals surface area contributed by atoms with Crippen LogP contribution in [0.3, 0.4) is 0 Å². The summed E-state index contributed by atoms with van der Waals surface area (Å²) in [7, 11) is 0. The second-order valence-electron chi connectivity index (χ2n) is 5.36. The maximum atomic E-state index is 9.92. The molecule has 94 valence electrons. The lowest BCUT2D eigenvalue weighted by molar-refractivity contribution is 0.297. The highest BCUT2D eigenvalue weighted by molar-refractivity contribution is 5.50. The van der Waals surface area contributed by atoms with Crippen molar-refractivity contribution < 1.29 is 10.2 Å². The molecule has 0 aliphatic heterocycles. The van der Waals surface area contributed by atoms with Crippen molar-refractivity contribution in [3.05, 3.63) is 23.3 Å².